The fraction of sp³-hybridized carbons (Fsp3) is 0.600. The van der Waals surface area contributed by atoms with E-state index in [-0.39, 0.29) is 11.6 Å². The topological polar surface area (TPSA) is 12.0 Å². The molecule has 19 heavy (non-hydrogen) atoms. The van der Waals surface area contributed by atoms with Crippen molar-refractivity contribution in [3.05, 3.63) is 34.6 Å². The summed E-state index contributed by atoms with van der Waals surface area (Å²) in [7, 11) is 0. The van der Waals surface area contributed by atoms with Crippen molar-refractivity contribution in [1.29, 1.82) is 0 Å². The number of benzene rings is 1. The van der Waals surface area contributed by atoms with Crippen molar-refractivity contribution in [3.63, 3.8) is 0 Å². The summed E-state index contributed by atoms with van der Waals surface area (Å²) < 4.78 is 41.4. The smallest absolute Gasteiger partial charge is 0.164 e. The molecule has 1 aromatic carbocycles. The molecular weight excluding hydrogens is 251 g/mol. The van der Waals surface area contributed by atoms with Gasteiger partial charge in [0, 0.05) is 17.7 Å². The summed E-state index contributed by atoms with van der Waals surface area (Å²) in [5, 5.41) is 3.22. The van der Waals surface area contributed by atoms with Gasteiger partial charge in [-0.3, -0.25) is 0 Å². The number of fused-ring (bicyclic) bond motifs is 1. The van der Waals surface area contributed by atoms with E-state index in [0.717, 1.165) is 12.8 Å². The lowest BCUT2D eigenvalue weighted by molar-refractivity contribution is 0.393. The van der Waals surface area contributed by atoms with E-state index in [9.17, 15) is 13.2 Å². The maximum Gasteiger partial charge on any atom is 0.164 e. The van der Waals surface area contributed by atoms with Crippen LogP contribution in [0.2, 0.25) is 0 Å². The molecule has 0 heterocycles. The number of rotatable bonds is 3. The maximum atomic E-state index is 14.1. The van der Waals surface area contributed by atoms with Crippen molar-refractivity contribution >= 4 is 0 Å². The van der Waals surface area contributed by atoms with Crippen molar-refractivity contribution in [3.8, 4) is 0 Å². The highest BCUT2D eigenvalue weighted by molar-refractivity contribution is 5.35. The summed E-state index contributed by atoms with van der Waals surface area (Å²) in [6.07, 6.45) is 2.90. The molecule has 1 N–H and O–H groups in total. The first-order valence-electron chi connectivity index (χ1n) is 6.94. The second-order valence-corrected chi connectivity index (χ2v) is 5.43. The summed E-state index contributed by atoms with van der Waals surface area (Å²) in [4.78, 5) is 0. The van der Waals surface area contributed by atoms with Gasteiger partial charge in [0.25, 0.3) is 0 Å². The fourth-order valence-electron chi connectivity index (χ4n) is 2.80. The molecule has 1 nitrogen and oxygen atoms in total. The van der Waals surface area contributed by atoms with Gasteiger partial charge in [-0.1, -0.05) is 13.8 Å². The average Bonchev–Trinajstić information content (AvgIpc) is 2.53. The van der Waals surface area contributed by atoms with E-state index >= 15 is 0 Å². The van der Waals surface area contributed by atoms with Gasteiger partial charge >= 0.3 is 0 Å². The molecule has 1 aromatic rings. The Bertz CT molecular complexity index is 459. The van der Waals surface area contributed by atoms with E-state index in [1.54, 1.807) is 0 Å². The Morgan fingerprint density at radius 2 is 2.00 bits per heavy atom. The summed E-state index contributed by atoms with van der Waals surface area (Å²) in [5.74, 6) is -2.23. The monoisotopic (exact) mass is 271 g/mol. The second kappa shape index (κ2) is 5.95. The standard InChI is InChI=1S/C15H20F3N/c1-3-6-19-13-7-9(2)4-5-10-11(16)8-12(17)15(18)14(10)13/h8-9,13,19H,3-7H2,1-2H3. The molecule has 0 spiro atoms. The summed E-state index contributed by atoms with van der Waals surface area (Å²) >= 11 is 0. The van der Waals surface area contributed by atoms with Crippen molar-refractivity contribution in [2.24, 2.45) is 5.92 Å². The largest absolute Gasteiger partial charge is 0.310 e. The van der Waals surface area contributed by atoms with Crippen molar-refractivity contribution in [2.75, 3.05) is 6.54 Å². The molecule has 2 unspecified atom stereocenters. The first-order chi connectivity index (χ1) is 9.04. The van der Waals surface area contributed by atoms with Gasteiger partial charge in [-0.05, 0) is 43.7 Å². The molecule has 2 rings (SSSR count). The van der Waals surface area contributed by atoms with Gasteiger partial charge in [-0.2, -0.15) is 0 Å². The van der Waals surface area contributed by atoms with Crippen LogP contribution in [0.15, 0.2) is 6.07 Å². The van der Waals surface area contributed by atoms with E-state index in [1.807, 2.05) is 6.92 Å². The number of hydrogen-bond donors (Lipinski definition) is 1. The van der Waals surface area contributed by atoms with Crippen molar-refractivity contribution in [1.82, 2.24) is 5.32 Å². The van der Waals surface area contributed by atoms with Crippen LogP contribution < -0.4 is 5.32 Å². The van der Waals surface area contributed by atoms with E-state index in [0.29, 0.717) is 36.9 Å². The normalized spacial score (nSPS) is 23.0. The lowest BCUT2D eigenvalue weighted by Gasteiger charge is -2.22. The highest BCUT2D eigenvalue weighted by Crippen LogP contribution is 2.35. The van der Waals surface area contributed by atoms with Crippen LogP contribution in [-0.4, -0.2) is 6.54 Å². The Labute approximate surface area is 112 Å². The summed E-state index contributed by atoms with van der Waals surface area (Å²) in [5.41, 5.74) is 0.548. The maximum absolute atomic E-state index is 14.1. The fourth-order valence-corrected chi connectivity index (χ4v) is 2.80. The van der Waals surface area contributed by atoms with E-state index in [2.05, 4.69) is 12.2 Å². The van der Waals surface area contributed by atoms with Gasteiger partial charge in [0.05, 0.1) is 0 Å². The molecule has 1 aliphatic rings. The van der Waals surface area contributed by atoms with E-state index in [4.69, 9.17) is 0 Å². The zero-order valence-electron chi connectivity index (χ0n) is 11.4. The predicted octanol–water partition coefficient (Wildman–Crippen LogP) is 4.12. The molecule has 0 bridgehead atoms. The van der Waals surface area contributed by atoms with Crippen molar-refractivity contribution < 1.29 is 13.2 Å². The molecule has 0 amide bonds. The van der Waals surface area contributed by atoms with Crippen LogP contribution in [0.1, 0.15) is 50.3 Å². The van der Waals surface area contributed by atoms with Gasteiger partial charge in [0.1, 0.15) is 5.82 Å². The van der Waals surface area contributed by atoms with Crippen LogP contribution in [-0.2, 0) is 6.42 Å². The van der Waals surface area contributed by atoms with Gasteiger partial charge < -0.3 is 5.32 Å². The molecule has 0 saturated heterocycles. The molecule has 1 aliphatic carbocycles. The molecule has 0 aliphatic heterocycles. The Morgan fingerprint density at radius 3 is 2.68 bits per heavy atom. The Kier molecular flexibility index (Phi) is 4.50. The Morgan fingerprint density at radius 1 is 1.26 bits per heavy atom. The lowest BCUT2D eigenvalue weighted by atomic mass is 9.96. The number of hydrogen-bond acceptors (Lipinski definition) is 1. The van der Waals surface area contributed by atoms with Crippen LogP contribution in [0.25, 0.3) is 0 Å². The highest BCUT2D eigenvalue weighted by atomic mass is 19.2. The van der Waals surface area contributed by atoms with Gasteiger partial charge in [0.15, 0.2) is 11.6 Å². The number of nitrogens with one attached hydrogen (secondary N) is 1. The average molecular weight is 271 g/mol. The van der Waals surface area contributed by atoms with Gasteiger partial charge in [0.2, 0.25) is 0 Å². The third-order valence-corrected chi connectivity index (χ3v) is 3.83. The molecular formula is C15H20F3N. The molecule has 0 aromatic heterocycles. The second-order valence-electron chi connectivity index (χ2n) is 5.43. The van der Waals surface area contributed by atoms with E-state index in [1.165, 1.54) is 0 Å². The summed E-state index contributed by atoms with van der Waals surface area (Å²) in [6.45, 7) is 4.80. The van der Waals surface area contributed by atoms with Crippen LogP contribution in [0.5, 0.6) is 0 Å². The minimum absolute atomic E-state index is 0.204. The van der Waals surface area contributed by atoms with Crippen LogP contribution in [0, 0.1) is 23.4 Å². The van der Waals surface area contributed by atoms with Gasteiger partial charge in [-0.25, -0.2) is 13.2 Å². The molecule has 0 saturated carbocycles. The third-order valence-electron chi connectivity index (χ3n) is 3.83. The zero-order valence-corrected chi connectivity index (χ0v) is 11.4. The third kappa shape index (κ3) is 2.94. The highest BCUT2D eigenvalue weighted by Gasteiger charge is 2.29. The summed E-state index contributed by atoms with van der Waals surface area (Å²) in [6, 6.07) is 0.374. The minimum Gasteiger partial charge on any atom is -0.310 e. The molecule has 106 valence electrons. The number of halogens is 3. The first-order valence-corrected chi connectivity index (χ1v) is 6.94. The molecule has 0 radical (unpaired) electrons. The SMILES string of the molecule is CCCNC1CC(C)CCc2c(F)cc(F)c(F)c21. The van der Waals surface area contributed by atoms with Crippen molar-refractivity contribution in [2.45, 2.75) is 45.6 Å². The minimum atomic E-state index is -1.09. The first kappa shape index (κ1) is 14.4. The molecule has 2 atom stereocenters. The van der Waals surface area contributed by atoms with Gasteiger partial charge in [-0.15, -0.1) is 0 Å². The lowest BCUT2D eigenvalue weighted by Crippen LogP contribution is -2.25. The quantitative estimate of drug-likeness (QED) is 0.644. The van der Waals surface area contributed by atoms with Crippen LogP contribution >= 0.6 is 0 Å². The Hall–Kier alpha value is -1.03. The van der Waals surface area contributed by atoms with Crippen LogP contribution in [0.3, 0.4) is 0 Å². The van der Waals surface area contributed by atoms with Crippen LogP contribution in [0.4, 0.5) is 13.2 Å². The predicted molar refractivity (Wildman–Crippen MR) is 69.5 cm³/mol. The zero-order chi connectivity index (χ0) is 14.0. The molecule has 4 heteroatoms. The molecule has 0 fully saturated rings. The van der Waals surface area contributed by atoms with E-state index < -0.39 is 17.5 Å². The Balaban J connectivity index is 2.47.